The summed E-state index contributed by atoms with van der Waals surface area (Å²) >= 11 is 0. The van der Waals surface area contributed by atoms with E-state index in [9.17, 15) is 5.11 Å². The Labute approximate surface area is 96.0 Å². The molecule has 1 aromatic carbocycles. The highest BCUT2D eigenvalue weighted by molar-refractivity contribution is 5.47. The van der Waals surface area contributed by atoms with Gasteiger partial charge in [-0.2, -0.15) is 0 Å². The van der Waals surface area contributed by atoms with Crippen molar-refractivity contribution in [1.29, 1.82) is 0 Å². The molecular weight excluding hydrogens is 204 g/mol. The lowest BCUT2D eigenvalue weighted by Gasteiger charge is -2.27. The molecule has 16 heavy (non-hydrogen) atoms. The fraction of sp³-hybridized carbons (Fsp3) is 0.538. The second-order valence-electron chi connectivity index (χ2n) is 4.21. The third-order valence-corrected chi connectivity index (χ3v) is 3.18. The van der Waals surface area contributed by atoms with Crippen LogP contribution in [0, 0.1) is 0 Å². The Hall–Kier alpha value is -1.06. The van der Waals surface area contributed by atoms with E-state index in [-0.39, 0.29) is 0 Å². The largest absolute Gasteiger partial charge is 0.493 e. The second kappa shape index (κ2) is 4.44. The molecule has 3 heteroatoms. The molecule has 0 spiro atoms. The van der Waals surface area contributed by atoms with E-state index in [2.05, 4.69) is 6.07 Å². The molecule has 1 N–H and O–H groups in total. The minimum absolute atomic E-state index is 0.295. The Bertz CT molecular complexity index is 375. The van der Waals surface area contributed by atoms with Crippen LogP contribution in [0.4, 0.5) is 0 Å². The Morgan fingerprint density at radius 1 is 1.50 bits per heavy atom. The molecule has 0 amide bonds. The van der Waals surface area contributed by atoms with E-state index in [0.717, 1.165) is 17.7 Å². The summed E-state index contributed by atoms with van der Waals surface area (Å²) in [6, 6.07) is 5.94. The minimum Gasteiger partial charge on any atom is -0.493 e. The summed E-state index contributed by atoms with van der Waals surface area (Å²) in [6.07, 6.45) is 1.54. The maximum atomic E-state index is 10.6. The molecule has 0 fully saturated rings. The number of hydrogen-bond acceptors (Lipinski definition) is 3. The SMILES string of the molecule is CCC(O)(COC)c1cccc2c1OCC2. The predicted octanol–water partition coefficient (Wildman–Crippen LogP) is 1.87. The standard InChI is InChI=1S/C13H18O3/c1-3-13(14,9-15-2)11-6-4-5-10-7-8-16-12(10)11/h4-6,14H,3,7-9H2,1-2H3. The van der Waals surface area contributed by atoms with E-state index in [4.69, 9.17) is 9.47 Å². The smallest absolute Gasteiger partial charge is 0.128 e. The first-order valence-electron chi connectivity index (χ1n) is 5.68. The number of aliphatic hydroxyl groups is 1. The van der Waals surface area contributed by atoms with Crippen LogP contribution in [0.25, 0.3) is 0 Å². The van der Waals surface area contributed by atoms with Gasteiger partial charge in [-0.1, -0.05) is 25.1 Å². The highest BCUT2D eigenvalue weighted by Gasteiger charge is 2.32. The molecule has 0 saturated heterocycles. The number of rotatable bonds is 4. The lowest BCUT2D eigenvalue weighted by atomic mass is 9.90. The molecule has 1 aliphatic rings. The number of benzene rings is 1. The van der Waals surface area contributed by atoms with Gasteiger partial charge < -0.3 is 14.6 Å². The van der Waals surface area contributed by atoms with Crippen LogP contribution in [0.5, 0.6) is 5.75 Å². The van der Waals surface area contributed by atoms with Gasteiger partial charge in [-0.3, -0.25) is 0 Å². The summed E-state index contributed by atoms with van der Waals surface area (Å²) in [6.45, 7) is 2.95. The molecule has 1 atom stereocenters. The van der Waals surface area contributed by atoms with Crippen molar-refractivity contribution in [2.45, 2.75) is 25.4 Å². The van der Waals surface area contributed by atoms with Crippen LogP contribution in [0.2, 0.25) is 0 Å². The Kier molecular flexibility index (Phi) is 3.17. The molecule has 1 aliphatic heterocycles. The molecule has 0 radical (unpaired) electrons. The zero-order chi connectivity index (χ0) is 11.6. The third kappa shape index (κ3) is 1.81. The molecule has 88 valence electrons. The summed E-state index contributed by atoms with van der Waals surface area (Å²) in [5, 5.41) is 10.6. The number of hydrogen-bond donors (Lipinski definition) is 1. The fourth-order valence-electron chi connectivity index (χ4n) is 2.19. The summed E-state index contributed by atoms with van der Waals surface area (Å²) in [5.74, 6) is 0.851. The molecule has 0 aliphatic carbocycles. The van der Waals surface area contributed by atoms with Crippen molar-refractivity contribution in [1.82, 2.24) is 0 Å². The van der Waals surface area contributed by atoms with Crippen molar-refractivity contribution in [2.75, 3.05) is 20.3 Å². The van der Waals surface area contributed by atoms with Gasteiger partial charge in [0.15, 0.2) is 0 Å². The van der Waals surface area contributed by atoms with Crippen LogP contribution < -0.4 is 4.74 Å². The maximum absolute atomic E-state index is 10.6. The van der Waals surface area contributed by atoms with Gasteiger partial charge >= 0.3 is 0 Å². The highest BCUT2D eigenvalue weighted by Crippen LogP contribution is 2.38. The summed E-state index contributed by atoms with van der Waals surface area (Å²) < 4.78 is 10.7. The molecule has 0 bridgehead atoms. The lowest BCUT2D eigenvalue weighted by molar-refractivity contribution is -0.0400. The van der Waals surface area contributed by atoms with Crippen molar-refractivity contribution >= 4 is 0 Å². The Balaban J connectivity index is 2.42. The van der Waals surface area contributed by atoms with E-state index < -0.39 is 5.60 Å². The first-order valence-corrected chi connectivity index (χ1v) is 5.68. The van der Waals surface area contributed by atoms with Crippen molar-refractivity contribution in [3.63, 3.8) is 0 Å². The predicted molar refractivity (Wildman–Crippen MR) is 61.7 cm³/mol. The minimum atomic E-state index is -0.940. The van der Waals surface area contributed by atoms with Crippen molar-refractivity contribution in [2.24, 2.45) is 0 Å². The van der Waals surface area contributed by atoms with Gasteiger partial charge in [-0.25, -0.2) is 0 Å². The van der Waals surface area contributed by atoms with Gasteiger partial charge in [0.25, 0.3) is 0 Å². The monoisotopic (exact) mass is 222 g/mol. The van der Waals surface area contributed by atoms with Crippen molar-refractivity contribution in [3.05, 3.63) is 29.3 Å². The Morgan fingerprint density at radius 2 is 2.31 bits per heavy atom. The van der Waals surface area contributed by atoms with E-state index in [1.807, 2.05) is 19.1 Å². The third-order valence-electron chi connectivity index (χ3n) is 3.18. The van der Waals surface area contributed by atoms with Crippen LogP contribution in [-0.4, -0.2) is 25.4 Å². The van der Waals surface area contributed by atoms with E-state index in [1.54, 1.807) is 7.11 Å². The van der Waals surface area contributed by atoms with Crippen molar-refractivity contribution in [3.8, 4) is 5.75 Å². The molecular formula is C13H18O3. The highest BCUT2D eigenvalue weighted by atomic mass is 16.5. The number of fused-ring (bicyclic) bond motifs is 1. The summed E-state index contributed by atoms with van der Waals surface area (Å²) in [4.78, 5) is 0. The van der Waals surface area contributed by atoms with Crippen LogP contribution in [0.15, 0.2) is 18.2 Å². The zero-order valence-electron chi connectivity index (χ0n) is 9.82. The maximum Gasteiger partial charge on any atom is 0.128 e. The topological polar surface area (TPSA) is 38.7 Å². The molecule has 1 aromatic rings. The van der Waals surface area contributed by atoms with Crippen LogP contribution in [-0.2, 0) is 16.8 Å². The van der Waals surface area contributed by atoms with Crippen LogP contribution in [0.1, 0.15) is 24.5 Å². The summed E-state index contributed by atoms with van der Waals surface area (Å²) in [7, 11) is 1.60. The molecule has 1 unspecified atom stereocenters. The van der Waals surface area contributed by atoms with Crippen molar-refractivity contribution < 1.29 is 14.6 Å². The van der Waals surface area contributed by atoms with Crippen LogP contribution in [0.3, 0.4) is 0 Å². The van der Waals surface area contributed by atoms with Gasteiger partial charge in [-0.15, -0.1) is 0 Å². The lowest BCUT2D eigenvalue weighted by Crippen LogP contribution is -2.30. The first kappa shape index (κ1) is 11.4. The van der Waals surface area contributed by atoms with E-state index in [0.29, 0.717) is 19.6 Å². The molecule has 0 aromatic heterocycles. The Morgan fingerprint density at radius 3 is 3.00 bits per heavy atom. The van der Waals surface area contributed by atoms with Gasteiger partial charge in [0.1, 0.15) is 11.4 Å². The van der Waals surface area contributed by atoms with E-state index in [1.165, 1.54) is 5.56 Å². The van der Waals surface area contributed by atoms with Gasteiger partial charge in [0.2, 0.25) is 0 Å². The number of methoxy groups -OCH3 is 1. The first-order chi connectivity index (χ1) is 7.71. The molecule has 1 heterocycles. The van der Waals surface area contributed by atoms with Crippen LogP contribution >= 0.6 is 0 Å². The second-order valence-corrected chi connectivity index (χ2v) is 4.21. The summed E-state index contributed by atoms with van der Waals surface area (Å²) in [5.41, 5.74) is 1.09. The van der Waals surface area contributed by atoms with Gasteiger partial charge in [0, 0.05) is 19.1 Å². The quantitative estimate of drug-likeness (QED) is 0.845. The van der Waals surface area contributed by atoms with Gasteiger partial charge in [0.05, 0.1) is 13.2 Å². The number of ether oxygens (including phenoxy) is 2. The fourth-order valence-corrected chi connectivity index (χ4v) is 2.19. The normalized spacial score (nSPS) is 17.7. The molecule has 2 rings (SSSR count). The zero-order valence-corrected chi connectivity index (χ0v) is 9.82. The average molecular weight is 222 g/mol. The molecule has 3 nitrogen and oxygen atoms in total. The van der Waals surface area contributed by atoms with Gasteiger partial charge in [-0.05, 0) is 12.0 Å². The van der Waals surface area contributed by atoms with E-state index >= 15 is 0 Å². The number of para-hydroxylation sites is 1. The average Bonchev–Trinajstić information content (AvgIpc) is 2.76. The molecule has 0 saturated carbocycles.